The predicted molar refractivity (Wildman–Crippen MR) is 228 cm³/mol. The Hall–Kier alpha value is -4.09. The summed E-state index contributed by atoms with van der Waals surface area (Å²) in [5.74, 6) is 2.45. The molecule has 3 heterocycles. The summed E-state index contributed by atoms with van der Waals surface area (Å²) in [6.07, 6.45) is 24.9. The lowest BCUT2D eigenvalue weighted by molar-refractivity contribution is -0.136. The van der Waals surface area contributed by atoms with E-state index < -0.39 is 0 Å². The standard InChI is InChI=1S/C44H71N9O3/c1-4-6-8-9-10-11-12-13-14-15-16-17-18-19-23-47-43(55)36-28-34(29-36)30-40(54)52-26-24-51(25-27-52)37-21-20-35(39(31-37)56-3)32-53-33-38-41(50-53)42(46-22-7-5-2)49-44(45)48-38/h20-21,31,33-34,36H,4-19,22-30,32H2,1-3H3,(H,47,55)(H3,45,46,48,49). The molecule has 56 heavy (non-hydrogen) atoms. The predicted octanol–water partition coefficient (Wildman–Crippen LogP) is 8.34. The van der Waals surface area contributed by atoms with E-state index in [0.717, 1.165) is 75.3 Å². The monoisotopic (exact) mass is 774 g/mol. The zero-order valence-corrected chi connectivity index (χ0v) is 34.8. The van der Waals surface area contributed by atoms with Gasteiger partial charge in [0.25, 0.3) is 0 Å². The number of carbonyl (C=O) groups is 2. The van der Waals surface area contributed by atoms with Gasteiger partial charge in [0.15, 0.2) is 11.3 Å². The zero-order valence-electron chi connectivity index (χ0n) is 34.8. The van der Waals surface area contributed by atoms with Gasteiger partial charge in [-0.15, -0.1) is 0 Å². The summed E-state index contributed by atoms with van der Waals surface area (Å²) in [5.41, 5.74) is 9.46. The summed E-state index contributed by atoms with van der Waals surface area (Å²) in [5, 5.41) is 11.3. The van der Waals surface area contributed by atoms with Crippen LogP contribution in [0.1, 0.15) is 141 Å². The summed E-state index contributed by atoms with van der Waals surface area (Å²) in [6, 6.07) is 6.28. The lowest BCUT2D eigenvalue weighted by atomic mass is 9.72. The van der Waals surface area contributed by atoms with Crippen LogP contribution in [0, 0.1) is 11.8 Å². The number of hydrogen-bond donors (Lipinski definition) is 3. The Morgan fingerprint density at radius 1 is 0.821 bits per heavy atom. The van der Waals surface area contributed by atoms with Gasteiger partial charge in [-0.2, -0.15) is 10.1 Å². The first-order valence-corrected chi connectivity index (χ1v) is 22.1. The van der Waals surface area contributed by atoms with Crippen LogP contribution in [0.5, 0.6) is 5.75 Å². The van der Waals surface area contributed by atoms with Crippen molar-refractivity contribution < 1.29 is 14.3 Å². The summed E-state index contributed by atoms with van der Waals surface area (Å²) in [4.78, 5) is 39.0. The second-order valence-corrected chi connectivity index (χ2v) is 16.3. The van der Waals surface area contributed by atoms with Gasteiger partial charge in [-0.1, -0.05) is 110 Å². The number of unbranched alkanes of at least 4 members (excludes halogenated alkanes) is 14. The molecule has 0 atom stereocenters. The van der Waals surface area contributed by atoms with Crippen LogP contribution in [0.3, 0.4) is 0 Å². The van der Waals surface area contributed by atoms with Crippen LogP contribution < -0.4 is 26.0 Å². The SMILES string of the molecule is CCCCCCCCCCCCCCCCNC(=O)C1CC(CC(=O)N2CCN(c3ccc(Cn4cc5nc(N)nc(NCCCC)c5n4)c(OC)c3)CC2)C1. The molecule has 12 nitrogen and oxygen atoms in total. The lowest BCUT2D eigenvalue weighted by Crippen LogP contribution is -2.49. The number of carbonyl (C=O) groups excluding carboxylic acids is 2. The van der Waals surface area contributed by atoms with Gasteiger partial charge in [-0.05, 0) is 37.7 Å². The molecule has 0 spiro atoms. The van der Waals surface area contributed by atoms with Gasteiger partial charge in [-0.25, -0.2) is 4.98 Å². The van der Waals surface area contributed by atoms with E-state index in [-0.39, 0.29) is 23.7 Å². The van der Waals surface area contributed by atoms with Crippen molar-refractivity contribution in [1.29, 1.82) is 0 Å². The van der Waals surface area contributed by atoms with Crippen molar-refractivity contribution in [3.8, 4) is 5.75 Å². The largest absolute Gasteiger partial charge is 0.496 e. The maximum atomic E-state index is 13.2. The van der Waals surface area contributed by atoms with Crippen molar-refractivity contribution in [3.63, 3.8) is 0 Å². The molecule has 2 aliphatic rings. The van der Waals surface area contributed by atoms with Crippen LogP contribution in [-0.4, -0.2) is 82.8 Å². The molecule has 1 saturated carbocycles. The van der Waals surface area contributed by atoms with Gasteiger partial charge in [0.1, 0.15) is 11.3 Å². The highest BCUT2D eigenvalue weighted by Gasteiger charge is 2.36. The highest BCUT2D eigenvalue weighted by Crippen LogP contribution is 2.37. The minimum atomic E-state index is 0.0686. The molecular formula is C44H71N9O3. The van der Waals surface area contributed by atoms with Gasteiger partial charge in [0.05, 0.1) is 19.9 Å². The van der Waals surface area contributed by atoms with E-state index in [9.17, 15) is 9.59 Å². The molecule has 3 aromatic rings. The van der Waals surface area contributed by atoms with Crippen LogP contribution in [0.4, 0.5) is 17.5 Å². The summed E-state index contributed by atoms with van der Waals surface area (Å²) in [7, 11) is 1.69. The number of fused-ring (bicyclic) bond motifs is 1. The Morgan fingerprint density at radius 3 is 2.11 bits per heavy atom. The minimum absolute atomic E-state index is 0.0686. The average Bonchev–Trinajstić information content (AvgIpc) is 3.59. The molecule has 2 aromatic heterocycles. The number of ether oxygens (including phenoxy) is 1. The Labute approximate surface area is 336 Å². The highest BCUT2D eigenvalue weighted by molar-refractivity contribution is 5.86. The molecule has 5 rings (SSSR count). The number of rotatable bonds is 26. The van der Waals surface area contributed by atoms with Crippen molar-refractivity contribution in [2.24, 2.45) is 11.8 Å². The molecule has 0 bridgehead atoms. The van der Waals surface area contributed by atoms with Crippen LogP contribution in [0.2, 0.25) is 0 Å². The van der Waals surface area contributed by atoms with Crippen molar-refractivity contribution in [3.05, 3.63) is 30.0 Å². The lowest BCUT2D eigenvalue weighted by Gasteiger charge is -2.39. The number of hydrogen-bond acceptors (Lipinski definition) is 9. The van der Waals surface area contributed by atoms with E-state index in [4.69, 9.17) is 15.6 Å². The smallest absolute Gasteiger partial charge is 0.223 e. The van der Waals surface area contributed by atoms with Crippen molar-refractivity contribution in [2.45, 2.75) is 142 Å². The molecule has 0 radical (unpaired) electrons. The van der Waals surface area contributed by atoms with Gasteiger partial charge >= 0.3 is 0 Å². The minimum Gasteiger partial charge on any atom is -0.496 e. The summed E-state index contributed by atoms with van der Waals surface area (Å²) in [6.45, 7) is 9.43. The molecule has 1 aromatic carbocycles. The normalized spacial score (nSPS) is 16.9. The average molecular weight is 774 g/mol. The third kappa shape index (κ3) is 13.3. The molecule has 310 valence electrons. The topological polar surface area (TPSA) is 144 Å². The fourth-order valence-corrected chi connectivity index (χ4v) is 8.18. The van der Waals surface area contributed by atoms with Crippen LogP contribution >= 0.6 is 0 Å². The fourth-order valence-electron chi connectivity index (χ4n) is 8.18. The number of nitrogens with zero attached hydrogens (tertiary/aromatic N) is 6. The van der Waals surface area contributed by atoms with E-state index in [0.29, 0.717) is 48.8 Å². The molecule has 1 aliphatic heterocycles. The molecule has 4 N–H and O–H groups in total. The number of methoxy groups -OCH3 is 1. The number of benzene rings is 1. The molecular weight excluding hydrogens is 703 g/mol. The van der Waals surface area contributed by atoms with Crippen LogP contribution in [0.15, 0.2) is 24.4 Å². The third-order valence-corrected chi connectivity index (χ3v) is 11.8. The van der Waals surface area contributed by atoms with Crippen molar-refractivity contribution in [2.75, 3.05) is 62.3 Å². The number of nitrogens with one attached hydrogen (secondary N) is 2. The molecule has 1 saturated heterocycles. The number of anilines is 3. The molecule has 2 fully saturated rings. The van der Waals surface area contributed by atoms with Gasteiger partial charge in [0.2, 0.25) is 17.8 Å². The van der Waals surface area contributed by atoms with Crippen molar-refractivity contribution in [1.82, 2.24) is 30.0 Å². The number of aromatic nitrogens is 4. The summed E-state index contributed by atoms with van der Waals surface area (Å²) >= 11 is 0. The highest BCUT2D eigenvalue weighted by atomic mass is 16.5. The van der Waals surface area contributed by atoms with E-state index in [2.05, 4.69) is 57.5 Å². The second-order valence-electron chi connectivity index (χ2n) is 16.3. The Bertz CT molecular complexity index is 1630. The first kappa shape index (κ1) is 43.0. The van der Waals surface area contributed by atoms with Gasteiger partial charge in [-0.3, -0.25) is 14.3 Å². The molecule has 0 unspecified atom stereocenters. The second kappa shape index (κ2) is 23.2. The van der Waals surface area contributed by atoms with Crippen LogP contribution in [0.25, 0.3) is 11.0 Å². The van der Waals surface area contributed by atoms with Gasteiger partial charge in [0, 0.05) is 68.9 Å². The first-order valence-electron chi connectivity index (χ1n) is 22.1. The number of piperazine rings is 1. The Balaban J connectivity index is 0.939. The first-order chi connectivity index (χ1) is 27.4. The van der Waals surface area contributed by atoms with Crippen LogP contribution in [-0.2, 0) is 16.1 Å². The maximum Gasteiger partial charge on any atom is 0.223 e. The maximum absolute atomic E-state index is 13.2. The van der Waals surface area contributed by atoms with E-state index in [1.165, 1.54) is 83.5 Å². The molecule has 2 amide bonds. The number of nitrogens with two attached hydrogens (primary N) is 1. The van der Waals surface area contributed by atoms with Crippen molar-refractivity contribution >= 4 is 40.3 Å². The summed E-state index contributed by atoms with van der Waals surface area (Å²) < 4.78 is 7.68. The van der Waals surface area contributed by atoms with E-state index in [1.807, 2.05) is 15.8 Å². The van der Waals surface area contributed by atoms with Gasteiger partial charge < -0.3 is 30.9 Å². The Morgan fingerprint density at radius 2 is 1.46 bits per heavy atom. The third-order valence-electron chi connectivity index (χ3n) is 11.8. The zero-order chi connectivity index (χ0) is 39.5. The quantitative estimate of drug-likeness (QED) is 0.0686. The van der Waals surface area contributed by atoms with E-state index in [1.54, 1.807) is 7.11 Å². The molecule has 1 aliphatic carbocycles. The Kier molecular flexibility index (Phi) is 17.8. The fraction of sp³-hybridized carbons (Fsp3) is 0.705. The van der Waals surface area contributed by atoms with E-state index >= 15 is 0 Å². The molecule has 12 heteroatoms. The number of nitrogen functional groups attached to an aromatic ring is 1. The number of amides is 2.